The van der Waals surface area contributed by atoms with Crippen LogP contribution in [0.1, 0.15) is 0 Å². The van der Waals surface area contributed by atoms with Crippen LogP contribution in [0, 0.1) is 0 Å². The van der Waals surface area contributed by atoms with Gasteiger partial charge in [0, 0.05) is 42.7 Å². The van der Waals surface area contributed by atoms with Gasteiger partial charge < -0.3 is 9.13 Å². The van der Waals surface area contributed by atoms with Gasteiger partial charge in [-0.1, -0.05) is 133 Å². The monoisotopic (exact) mass is 716 g/mol. The molecule has 0 unspecified atom stereocenters. The van der Waals surface area contributed by atoms with Crippen LogP contribution in [0.15, 0.2) is 194 Å². The molecule has 12 rings (SSSR count). The molecule has 55 heavy (non-hydrogen) atoms. The fourth-order valence-electron chi connectivity index (χ4n) is 9.10. The Morgan fingerprint density at radius 3 is 1.78 bits per heavy atom. The van der Waals surface area contributed by atoms with E-state index in [9.17, 15) is 0 Å². The van der Waals surface area contributed by atoms with Gasteiger partial charge in [-0.3, -0.25) is 0 Å². The Hall–Kier alpha value is -6.94. The third kappa shape index (κ3) is 4.48. The summed E-state index contributed by atoms with van der Waals surface area (Å²) in [5.74, 6) is 0. The summed E-state index contributed by atoms with van der Waals surface area (Å²) in [6.45, 7) is 0. The molecule has 2 nitrogen and oxygen atoms in total. The summed E-state index contributed by atoms with van der Waals surface area (Å²) >= 11 is 1.88. The molecule has 0 radical (unpaired) electrons. The van der Waals surface area contributed by atoms with Crippen molar-refractivity contribution in [1.29, 1.82) is 0 Å². The van der Waals surface area contributed by atoms with Gasteiger partial charge in [0.1, 0.15) is 0 Å². The molecule has 0 aliphatic rings. The Morgan fingerprint density at radius 1 is 0.345 bits per heavy atom. The summed E-state index contributed by atoms with van der Waals surface area (Å²) in [7, 11) is 0. The van der Waals surface area contributed by atoms with Gasteiger partial charge in [0.2, 0.25) is 0 Å². The van der Waals surface area contributed by atoms with Crippen molar-refractivity contribution in [1.82, 2.24) is 9.13 Å². The third-order valence-electron chi connectivity index (χ3n) is 11.5. The van der Waals surface area contributed by atoms with E-state index in [1.165, 1.54) is 102 Å². The van der Waals surface area contributed by atoms with Crippen LogP contribution >= 0.6 is 11.3 Å². The molecule has 0 amide bonds. The topological polar surface area (TPSA) is 9.86 Å². The Balaban J connectivity index is 1.13. The number of benzene rings is 9. The predicted octanol–water partition coefficient (Wildman–Crippen LogP) is 14.7. The van der Waals surface area contributed by atoms with E-state index in [4.69, 9.17) is 0 Å². The number of hydrogen-bond acceptors (Lipinski definition) is 1. The molecule has 3 heteroatoms. The fourth-order valence-corrected chi connectivity index (χ4v) is 10.3. The highest BCUT2D eigenvalue weighted by Gasteiger charge is 2.21. The van der Waals surface area contributed by atoms with Crippen LogP contribution in [-0.2, 0) is 0 Å². The van der Waals surface area contributed by atoms with Crippen molar-refractivity contribution in [3.63, 3.8) is 0 Å². The maximum Gasteiger partial charge on any atom is 0.0640 e. The highest BCUT2D eigenvalue weighted by Crippen LogP contribution is 2.45. The van der Waals surface area contributed by atoms with Gasteiger partial charge in [-0.15, -0.1) is 11.3 Å². The lowest BCUT2D eigenvalue weighted by Gasteiger charge is -2.12. The quantitative estimate of drug-likeness (QED) is 0.172. The zero-order valence-corrected chi connectivity index (χ0v) is 30.6. The first-order chi connectivity index (χ1) is 27.3. The molecule has 0 bridgehead atoms. The third-order valence-corrected chi connectivity index (χ3v) is 12.7. The molecule has 0 aliphatic heterocycles. The highest BCUT2D eigenvalue weighted by atomic mass is 32.1. The van der Waals surface area contributed by atoms with Gasteiger partial charge in [-0.25, -0.2) is 0 Å². The minimum Gasteiger partial charge on any atom is -0.309 e. The van der Waals surface area contributed by atoms with Crippen molar-refractivity contribution >= 4 is 85.9 Å². The number of rotatable bonds is 4. The number of para-hydroxylation sites is 2. The van der Waals surface area contributed by atoms with Gasteiger partial charge >= 0.3 is 0 Å². The Kier molecular flexibility index (Phi) is 6.54. The minimum atomic E-state index is 1.16. The zero-order chi connectivity index (χ0) is 36.0. The van der Waals surface area contributed by atoms with Crippen LogP contribution in [-0.4, -0.2) is 9.13 Å². The first-order valence-electron chi connectivity index (χ1n) is 18.9. The summed E-state index contributed by atoms with van der Waals surface area (Å²) < 4.78 is 7.55. The molecule has 0 saturated carbocycles. The van der Waals surface area contributed by atoms with Gasteiger partial charge in [0.15, 0.2) is 0 Å². The molecule has 12 aromatic rings. The molecular formula is C52H32N2S. The van der Waals surface area contributed by atoms with E-state index in [0.29, 0.717) is 0 Å². The summed E-state index contributed by atoms with van der Waals surface area (Å²) in [5.41, 5.74) is 12.2. The number of hydrogen-bond donors (Lipinski definition) is 0. The predicted molar refractivity (Wildman–Crippen MR) is 236 cm³/mol. The van der Waals surface area contributed by atoms with Crippen LogP contribution in [0.2, 0.25) is 0 Å². The largest absolute Gasteiger partial charge is 0.309 e. The van der Waals surface area contributed by atoms with E-state index < -0.39 is 0 Å². The number of thiophene rings is 1. The lowest BCUT2D eigenvalue weighted by Crippen LogP contribution is -1.94. The SMILES string of the molecule is c1ccc(-c2c3ccccc3cc3c2c2cc(-c4ccc5c(c4)c4ccccc4n5-c4cccc5c4sc4ccccc45)ccc2n3-c2ccccc2)cc1. The molecule has 3 heterocycles. The fraction of sp³-hybridized carbons (Fsp3) is 0. The van der Waals surface area contributed by atoms with E-state index >= 15 is 0 Å². The van der Waals surface area contributed by atoms with Gasteiger partial charge in [-0.05, 0) is 93.7 Å². The van der Waals surface area contributed by atoms with Crippen molar-refractivity contribution in [2.75, 3.05) is 0 Å². The van der Waals surface area contributed by atoms with Gasteiger partial charge in [-0.2, -0.15) is 0 Å². The van der Waals surface area contributed by atoms with Crippen LogP contribution < -0.4 is 0 Å². The number of aromatic nitrogens is 2. The Morgan fingerprint density at radius 2 is 0.964 bits per heavy atom. The Bertz CT molecular complexity index is 3470. The maximum atomic E-state index is 2.47. The van der Waals surface area contributed by atoms with Crippen molar-refractivity contribution in [2.24, 2.45) is 0 Å². The molecule has 9 aromatic carbocycles. The summed E-state index contributed by atoms with van der Waals surface area (Å²) in [5, 5.41) is 10.2. The first-order valence-corrected chi connectivity index (χ1v) is 19.7. The average Bonchev–Trinajstić information content (AvgIpc) is 3.90. The molecule has 3 aromatic heterocycles. The molecule has 0 aliphatic carbocycles. The second-order valence-electron chi connectivity index (χ2n) is 14.5. The van der Waals surface area contributed by atoms with E-state index in [0.717, 1.165) is 5.69 Å². The molecule has 0 N–H and O–H groups in total. The summed E-state index contributed by atoms with van der Waals surface area (Å²) in [6, 6.07) is 71.4. The van der Waals surface area contributed by atoms with Crippen molar-refractivity contribution in [2.45, 2.75) is 0 Å². The van der Waals surface area contributed by atoms with E-state index in [1.807, 2.05) is 11.3 Å². The number of fused-ring (bicyclic) bond motifs is 10. The summed E-state index contributed by atoms with van der Waals surface area (Å²) in [6.07, 6.45) is 0. The maximum absolute atomic E-state index is 2.47. The molecule has 0 spiro atoms. The van der Waals surface area contributed by atoms with Crippen LogP contribution in [0.3, 0.4) is 0 Å². The standard InChI is InChI=1S/C52H32N2S/c1-3-14-33(15-4-1)50-38-19-8-7-16-36(38)32-48-51(50)43-31-35(27-29-46(43)53(48)37-17-5-2-6-18-37)34-26-28-45-42(30-34)39-20-9-11-23-44(39)54(45)47-24-13-22-41-40-21-10-12-25-49(40)55-52(41)47/h1-32H. The lowest BCUT2D eigenvalue weighted by atomic mass is 9.92. The van der Waals surface area contributed by atoms with E-state index in [1.54, 1.807) is 0 Å². The minimum absolute atomic E-state index is 1.16. The molecule has 256 valence electrons. The smallest absolute Gasteiger partial charge is 0.0640 e. The normalized spacial score (nSPS) is 12.0. The van der Waals surface area contributed by atoms with Crippen LogP contribution in [0.25, 0.3) is 108 Å². The summed E-state index contributed by atoms with van der Waals surface area (Å²) in [4.78, 5) is 0. The zero-order valence-electron chi connectivity index (χ0n) is 29.8. The Labute approximate surface area is 321 Å². The van der Waals surface area contributed by atoms with Crippen molar-refractivity contribution in [3.05, 3.63) is 194 Å². The average molecular weight is 717 g/mol. The highest BCUT2D eigenvalue weighted by molar-refractivity contribution is 7.26. The van der Waals surface area contributed by atoms with Crippen LogP contribution in [0.4, 0.5) is 0 Å². The second-order valence-corrected chi connectivity index (χ2v) is 15.5. The van der Waals surface area contributed by atoms with E-state index in [2.05, 4.69) is 203 Å². The van der Waals surface area contributed by atoms with Crippen LogP contribution in [0.5, 0.6) is 0 Å². The molecule has 0 fully saturated rings. The van der Waals surface area contributed by atoms with Crippen molar-refractivity contribution in [3.8, 4) is 33.6 Å². The molecule has 0 atom stereocenters. The number of nitrogens with zero attached hydrogens (tertiary/aromatic N) is 2. The van der Waals surface area contributed by atoms with Gasteiger partial charge in [0.05, 0.1) is 32.5 Å². The first kappa shape index (κ1) is 30.5. The molecule has 0 saturated heterocycles. The second kappa shape index (κ2) is 11.8. The van der Waals surface area contributed by atoms with E-state index in [-0.39, 0.29) is 0 Å². The van der Waals surface area contributed by atoms with Crippen molar-refractivity contribution < 1.29 is 0 Å². The molecular weight excluding hydrogens is 685 g/mol. The van der Waals surface area contributed by atoms with Gasteiger partial charge in [0.25, 0.3) is 0 Å². The lowest BCUT2D eigenvalue weighted by molar-refractivity contribution is 1.18.